The molecule has 0 fully saturated rings. The van der Waals surface area contributed by atoms with Crippen LogP contribution in [-0.4, -0.2) is 22.9 Å². The van der Waals surface area contributed by atoms with Gasteiger partial charge >= 0.3 is 5.91 Å². The first-order valence-electron chi connectivity index (χ1n) is 8.23. The molecule has 2 aromatic heterocycles. The number of carbonyl (C=O) groups is 2. The van der Waals surface area contributed by atoms with Gasteiger partial charge in [0.05, 0.1) is 12.8 Å². The number of nitrogens with one attached hydrogen (secondary N) is 1. The van der Waals surface area contributed by atoms with Gasteiger partial charge < -0.3 is 14.3 Å². The molecule has 0 aliphatic carbocycles. The van der Waals surface area contributed by atoms with Gasteiger partial charge in [0.15, 0.2) is 10.6 Å². The van der Waals surface area contributed by atoms with Crippen molar-refractivity contribution in [3.63, 3.8) is 0 Å². The van der Waals surface area contributed by atoms with Crippen LogP contribution in [0.3, 0.4) is 0 Å². The van der Waals surface area contributed by atoms with Crippen molar-refractivity contribution in [3.8, 4) is 0 Å². The molecule has 3 rings (SSSR count). The Hall–Kier alpha value is -2.93. The van der Waals surface area contributed by atoms with Crippen LogP contribution in [0, 0.1) is 6.92 Å². The molecule has 26 heavy (non-hydrogen) atoms. The SMILES string of the molecule is CCNC(=O)c1ccccc1Cn1c(C)csc1=NC(=O)c1ccco1. The molecule has 134 valence electrons. The molecule has 7 heteroatoms. The highest BCUT2D eigenvalue weighted by Crippen LogP contribution is 2.12. The minimum absolute atomic E-state index is 0.110. The average molecular weight is 369 g/mol. The maximum absolute atomic E-state index is 12.3. The summed E-state index contributed by atoms with van der Waals surface area (Å²) in [7, 11) is 0. The Labute approximate surface area is 154 Å². The summed E-state index contributed by atoms with van der Waals surface area (Å²) in [5, 5.41) is 4.76. The first-order chi connectivity index (χ1) is 12.6. The lowest BCUT2D eigenvalue weighted by Gasteiger charge is -2.11. The highest BCUT2D eigenvalue weighted by Gasteiger charge is 2.13. The zero-order chi connectivity index (χ0) is 18.5. The number of furan rings is 1. The lowest BCUT2D eigenvalue weighted by molar-refractivity contribution is 0.0951. The van der Waals surface area contributed by atoms with Crippen LogP contribution in [0.2, 0.25) is 0 Å². The standard InChI is InChI=1S/C19H19N3O3S/c1-3-20-17(23)15-8-5-4-7-14(15)11-22-13(2)12-26-19(22)21-18(24)16-9-6-10-25-16/h4-10,12H,3,11H2,1-2H3,(H,20,23). The fourth-order valence-corrected chi connectivity index (χ4v) is 3.42. The molecular formula is C19H19N3O3S. The first kappa shape index (κ1) is 17.9. The maximum atomic E-state index is 12.3. The molecule has 0 saturated heterocycles. The predicted octanol–water partition coefficient (Wildman–Crippen LogP) is 2.99. The van der Waals surface area contributed by atoms with E-state index in [2.05, 4.69) is 10.3 Å². The highest BCUT2D eigenvalue weighted by atomic mass is 32.1. The Morgan fingerprint density at radius 1 is 1.23 bits per heavy atom. The van der Waals surface area contributed by atoms with E-state index in [4.69, 9.17) is 4.42 Å². The number of hydrogen-bond donors (Lipinski definition) is 1. The van der Waals surface area contributed by atoms with Gasteiger partial charge in [-0.2, -0.15) is 4.99 Å². The summed E-state index contributed by atoms with van der Waals surface area (Å²) in [6.07, 6.45) is 1.44. The Morgan fingerprint density at radius 2 is 2.04 bits per heavy atom. The summed E-state index contributed by atoms with van der Waals surface area (Å²) >= 11 is 1.38. The second kappa shape index (κ2) is 7.97. The Bertz CT molecular complexity index is 984. The zero-order valence-corrected chi connectivity index (χ0v) is 15.4. The molecule has 2 heterocycles. The van der Waals surface area contributed by atoms with E-state index in [1.807, 2.05) is 42.0 Å². The van der Waals surface area contributed by atoms with E-state index >= 15 is 0 Å². The van der Waals surface area contributed by atoms with Crippen LogP contribution in [0.4, 0.5) is 0 Å². The maximum Gasteiger partial charge on any atom is 0.315 e. The Kier molecular flexibility index (Phi) is 5.48. The van der Waals surface area contributed by atoms with Crippen LogP contribution in [0.1, 0.15) is 39.1 Å². The summed E-state index contributed by atoms with van der Waals surface area (Å²) < 4.78 is 7.03. The molecule has 1 N–H and O–H groups in total. The summed E-state index contributed by atoms with van der Waals surface area (Å²) in [5.74, 6) is -0.338. The number of aryl methyl sites for hydroxylation is 1. The third-order valence-electron chi connectivity index (χ3n) is 3.85. The quantitative estimate of drug-likeness (QED) is 0.751. The van der Waals surface area contributed by atoms with Gasteiger partial charge in [0.1, 0.15) is 0 Å². The summed E-state index contributed by atoms with van der Waals surface area (Å²) in [4.78, 5) is 29.2. The van der Waals surface area contributed by atoms with Crippen LogP contribution in [0.5, 0.6) is 0 Å². The zero-order valence-electron chi connectivity index (χ0n) is 14.6. The molecule has 6 nitrogen and oxygen atoms in total. The minimum Gasteiger partial charge on any atom is -0.459 e. The molecule has 0 aliphatic heterocycles. The predicted molar refractivity (Wildman–Crippen MR) is 99.2 cm³/mol. The Morgan fingerprint density at radius 3 is 2.77 bits per heavy atom. The molecule has 1 aromatic carbocycles. The number of hydrogen-bond acceptors (Lipinski definition) is 4. The molecule has 0 bridgehead atoms. The smallest absolute Gasteiger partial charge is 0.315 e. The highest BCUT2D eigenvalue weighted by molar-refractivity contribution is 7.07. The normalized spacial score (nSPS) is 11.5. The summed E-state index contributed by atoms with van der Waals surface area (Å²) in [6.45, 7) is 4.85. The van der Waals surface area contributed by atoms with Crippen LogP contribution in [0.25, 0.3) is 0 Å². The fraction of sp³-hybridized carbons (Fsp3) is 0.211. The number of thiazole rings is 1. The van der Waals surface area contributed by atoms with E-state index in [-0.39, 0.29) is 11.7 Å². The van der Waals surface area contributed by atoms with Crippen LogP contribution in [0.15, 0.2) is 57.5 Å². The van der Waals surface area contributed by atoms with Crippen molar-refractivity contribution in [1.29, 1.82) is 0 Å². The van der Waals surface area contributed by atoms with E-state index in [0.717, 1.165) is 11.3 Å². The first-order valence-corrected chi connectivity index (χ1v) is 9.11. The van der Waals surface area contributed by atoms with Crippen molar-refractivity contribution >= 4 is 23.2 Å². The third kappa shape index (κ3) is 3.83. The second-order valence-electron chi connectivity index (χ2n) is 5.66. The molecule has 0 atom stereocenters. The van der Waals surface area contributed by atoms with Gasteiger partial charge in [-0.1, -0.05) is 18.2 Å². The number of aromatic nitrogens is 1. The van der Waals surface area contributed by atoms with Gasteiger partial charge in [-0.3, -0.25) is 9.59 Å². The van der Waals surface area contributed by atoms with Gasteiger partial charge in [-0.05, 0) is 37.6 Å². The van der Waals surface area contributed by atoms with Gasteiger partial charge in [0, 0.05) is 23.2 Å². The van der Waals surface area contributed by atoms with Gasteiger partial charge in [0.25, 0.3) is 5.91 Å². The summed E-state index contributed by atoms with van der Waals surface area (Å²) in [6, 6.07) is 10.7. The summed E-state index contributed by atoms with van der Waals surface area (Å²) in [5.41, 5.74) is 2.45. The average Bonchev–Trinajstić information content (AvgIpc) is 3.28. The number of rotatable bonds is 5. The number of nitrogens with zero attached hydrogens (tertiary/aromatic N) is 2. The van der Waals surface area contributed by atoms with E-state index in [1.54, 1.807) is 18.2 Å². The van der Waals surface area contributed by atoms with Crippen molar-refractivity contribution in [2.45, 2.75) is 20.4 Å². The van der Waals surface area contributed by atoms with Crippen molar-refractivity contribution in [3.05, 3.63) is 75.4 Å². The largest absolute Gasteiger partial charge is 0.459 e. The number of benzene rings is 1. The monoisotopic (exact) mass is 369 g/mol. The minimum atomic E-state index is -0.428. The molecule has 0 saturated carbocycles. The third-order valence-corrected chi connectivity index (χ3v) is 4.83. The second-order valence-corrected chi connectivity index (χ2v) is 6.49. The fourth-order valence-electron chi connectivity index (χ4n) is 2.54. The van der Waals surface area contributed by atoms with E-state index < -0.39 is 5.91 Å². The molecule has 0 aliphatic rings. The number of carbonyl (C=O) groups excluding carboxylic acids is 2. The molecule has 3 aromatic rings. The van der Waals surface area contributed by atoms with Crippen molar-refractivity contribution < 1.29 is 14.0 Å². The molecule has 0 unspecified atom stereocenters. The van der Waals surface area contributed by atoms with Gasteiger partial charge in [-0.25, -0.2) is 0 Å². The number of amides is 2. The van der Waals surface area contributed by atoms with E-state index in [9.17, 15) is 9.59 Å². The molecule has 2 amide bonds. The lowest BCUT2D eigenvalue weighted by atomic mass is 10.1. The van der Waals surface area contributed by atoms with Crippen molar-refractivity contribution in [1.82, 2.24) is 9.88 Å². The van der Waals surface area contributed by atoms with E-state index in [0.29, 0.717) is 23.5 Å². The van der Waals surface area contributed by atoms with Gasteiger partial charge in [-0.15, -0.1) is 11.3 Å². The topological polar surface area (TPSA) is 76.6 Å². The van der Waals surface area contributed by atoms with Crippen LogP contribution >= 0.6 is 11.3 Å². The lowest BCUT2D eigenvalue weighted by Crippen LogP contribution is -2.25. The van der Waals surface area contributed by atoms with Crippen molar-refractivity contribution in [2.75, 3.05) is 6.54 Å². The molecule has 0 radical (unpaired) electrons. The van der Waals surface area contributed by atoms with E-state index in [1.165, 1.54) is 17.6 Å². The van der Waals surface area contributed by atoms with Crippen molar-refractivity contribution in [2.24, 2.45) is 4.99 Å². The van der Waals surface area contributed by atoms with Crippen LogP contribution in [-0.2, 0) is 6.54 Å². The van der Waals surface area contributed by atoms with Crippen LogP contribution < -0.4 is 10.1 Å². The van der Waals surface area contributed by atoms with Gasteiger partial charge in [0.2, 0.25) is 0 Å². The molecular weight excluding hydrogens is 350 g/mol. The molecule has 0 spiro atoms. The Balaban J connectivity index is 1.96.